The SMILES string of the molecule is CCNC(Cc1ncccn1)c1ccccc1. The maximum absolute atomic E-state index is 4.28. The third-order valence-corrected chi connectivity index (χ3v) is 2.66. The van der Waals surface area contributed by atoms with Crippen molar-refractivity contribution < 1.29 is 0 Å². The molecular formula is C14H17N3. The van der Waals surface area contributed by atoms with Crippen LogP contribution < -0.4 is 5.32 Å². The molecule has 2 aromatic rings. The van der Waals surface area contributed by atoms with E-state index in [2.05, 4.69) is 46.5 Å². The van der Waals surface area contributed by atoms with Crippen molar-refractivity contribution in [2.75, 3.05) is 6.54 Å². The molecule has 1 heterocycles. The summed E-state index contributed by atoms with van der Waals surface area (Å²) in [6.07, 6.45) is 4.39. The lowest BCUT2D eigenvalue weighted by Gasteiger charge is -2.17. The molecule has 88 valence electrons. The molecule has 0 aliphatic rings. The second-order valence-electron chi connectivity index (χ2n) is 3.89. The van der Waals surface area contributed by atoms with Gasteiger partial charge in [0.15, 0.2) is 0 Å². The summed E-state index contributed by atoms with van der Waals surface area (Å²) in [7, 11) is 0. The molecule has 1 N–H and O–H groups in total. The Labute approximate surface area is 102 Å². The highest BCUT2D eigenvalue weighted by Gasteiger charge is 2.11. The Bertz CT molecular complexity index is 428. The minimum absolute atomic E-state index is 0.281. The van der Waals surface area contributed by atoms with Crippen LogP contribution in [-0.4, -0.2) is 16.5 Å². The minimum Gasteiger partial charge on any atom is -0.310 e. The lowest BCUT2D eigenvalue weighted by molar-refractivity contribution is 0.537. The van der Waals surface area contributed by atoms with Crippen molar-refractivity contribution in [2.24, 2.45) is 0 Å². The van der Waals surface area contributed by atoms with Crippen molar-refractivity contribution in [3.05, 3.63) is 60.2 Å². The van der Waals surface area contributed by atoms with Crippen molar-refractivity contribution in [2.45, 2.75) is 19.4 Å². The summed E-state index contributed by atoms with van der Waals surface area (Å²) >= 11 is 0. The van der Waals surface area contributed by atoms with Gasteiger partial charge in [-0.3, -0.25) is 0 Å². The van der Waals surface area contributed by atoms with Crippen molar-refractivity contribution in [3.8, 4) is 0 Å². The summed E-state index contributed by atoms with van der Waals surface area (Å²) in [5.41, 5.74) is 1.28. The van der Waals surface area contributed by atoms with Crippen LogP contribution >= 0.6 is 0 Å². The van der Waals surface area contributed by atoms with E-state index >= 15 is 0 Å². The Kier molecular flexibility index (Phi) is 4.22. The number of likely N-dealkylation sites (N-methyl/N-ethyl adjacent to an activating group) is 1. The Morgan fingerprint density at radius 3 is 2.41 bits per heavy atom. The topological polar surface area (TPSA) is 37.8 Å². The van der Waals surface area contributed by atoms with Crippen LogP contribution in [0.25, 0.3) is 0 Å². The average Bonchev–Trinajstić information content (AvgIpc) is 2.40. The van der Waals surface area contributed by atoms with Gasteiger partial charge in [0, 0.05) is 24.9 Å². The minimum atomic E-state index is 0.281. The zero-order valence-electron chi connectivity index (χ0n) is 10.0. The van der Waals surface area contributed by atoms with Gasteiger partial charge < -0.3 is 5.32 Å². The normalized spacial score (nSPS) is 12.3. The number of rotatable bonds is 5. The zero-order valence-corrected chi connectivity index (χ0v) is 10.0. The van der Waals surface area contributed by atoms with Gasteiger partial charge in [-0.25, -0.2) is 9.97 Å². The quantitative estimate of drug-likeness (QED) is 0.852. The van der Waals surface area contributed by atoms with Gasteiger partial charge in [-0.15, -0.1) is 0 Å². The van der Waals surface area contributed by atoms with Gasteiger partial charge in [0.05, 0.1) is 0 Å². The highest BCUT2D eigenvalue weighted by molar-refractivity contribution is 5.20. The van der Waals surface area contributed by atoms with Crippen molar-refractivity contribution in [1.82, 2.24) is 15.3 Å². The van der Waals surface area contributed by atoms with Gasteiger partial charge in [-0.2, -0.15) is 0 Å². The molecule has 0 bridgehead atoms. The fraction of sp³-hybridized carbons (Fsp3) is 0.286. The van der Waals surface area contributed by atoms with E-state index in [9.17, 15) is 0 Å². The van der Waals surface area contributed by atoms with Crippen LogP contribution in [0.5, 0.6) is 0 Å². The lowest BCUT2D eigenvalue weighted by atomic mass is 10.0. The molecule has 2 rings (SSSR count). The Morgan fingerprint density at radius 1 is 1.06 bits per heavy atom. The average molecular weight is 227 g/mol. The summed E-state index contributed by atoms with van der Waals surface area (Å²) in [6.45, 7) is 3.05. The van der Waals surface area contributed by atoms with Crippen molar-refractivity contribution in [1.29, 1.82) is 0 Å². The summed E-state index contributed by atoms with van der Waals surface area (Å²) in [6, 6.07) is 12.5. The molecule has 1 atom stereocenters. The van der Waals surface area contributed by atoms with Gasteiger partial charge in [-0.05, 0) is 18.2 Å². The number of benzene rings is 1. The van der Waals surface area contributed by atoms with Gasteiger partial charge in [0.2, 0.25) is 0 Å². The van der Waals surface area contributed by atoms with E-state index in [-0.39, 0.29) is 6.04 Å². The molecule has 3 nitrogen and oxygen atoms in total. The zero-order chi connectivity index (χ0) is 11.9. The van der Waals surface area contributed by atoms with Crippen molar-refractivity contribution >= 4 is 0 Å². The Morgan fingerprint density at radius 2 is 1.76 bits per heavy atom. The first-order valence-corrected chi connectivity index (χ1v) is 5.94. The number of nitrogens with zero attached hydrogens (tertiary/aromatic N) is 2. The molecule has 0 radical (unpaired) electrons. The molecule has 1 unspecified atom stereocenters. The van der Waals surface area contributed by atoms with Gasteiger partial charge in [0.25, 0.3) is 0 Å². The predicted octanol–water partition coefficient (Wildman–Crippen LogP) is 2.37. The molecule has 1 aromatic heterocycles. The summed E-state index contributed by atoms with van der Waals surface area (Å²) < 4.78 is 0. The fourth-order valence-electron chi connectivity index (χ4n) is 1.86. The first-order chi connectivity index (χ1) is 8.40. The number of nitrogens with one attached hydrogen (secondary N) is 1. The number of aromatic nitrogens is 2. The molecule has 17 heavy (non-hydrogen) atoms. The third-order valence-electron chi connectivity index (χ3n) is 2.66. The fourth-order valence-corrected chi connectivity index (χ4v) is 1.86. The van der Waals surface area contributed by atoms with E-state index in [0.29, 0.717) is 0 Å². The van der Waals surface area contributed by atoms with Crippen molar-refractivity contribution in [3.63, 3.8) is 0 Å². The van der Waals surface area contributed by atoms with Crippen LogP contribution in [0.4, 0.5) is 0 Å². The van der Waals surface area contributed by atoms with Gasteiger partial charge in [0.1, 0.15) is 5.82 Å². The Hall–Kier alpha value is -1.74. The van der Waals surface area contributed by atoms with E-state index in [4.69, 9.17) is 0 Å². The van der Waals surface area contributed by atoms with Crippen LogP contribution in [0.1, 0.15) is 24.4 Å². The second kappa shape index (κ2) is 6.11. The molecule has 0 fully saturated rings. The molecule has 0 aliphatic heterocycles. The van der Waals surface area contributed by atoms with E-state index < -0.39 is 0 Å². The van der Waals surface area contributed by atoms with Crippen LogP contribution in [0.2, 0.25) is 0 Å². The maximum atomic E-state index is 4.28. The van der Waals surface area contributed by atoms with Crippen LogP contribution in [0.3, 0.4) is 0 Å². The highest BCUT2D eigenvalue weighted by Crippen LogP contribution is 2.15. The molecule has 1 aromatic carbocycles. The molecule has 3 heteroatoms. The van der Waals surface area contributed by atoms with Crippen LogP contribution in [0.15, 0.2) is 48.8 Å². The molecule has 0 aliphatic carbocycles. The Balaban J connectivity index is 2.13. The first-order valence-electron chi connectivity index (χ1n) is 5.94. The second-order valence-corrected chi connectivity index (χ2v) is 3.89. The largest absolute Gasteiger partial charge is 0.310 e. The molecular weight excluding hydrogens is 210 g/mol. The lowest BCUT2D eigenvalue weighted by Crippen LogP contribution is -2.23. The van der Waals surface area contributed by atoms with Gasteiger partial charge >= 0.3 is 0 Å². The van der Waals surface area contributed by atoms with Gasteiger partial charge in [-0.1, -0.05) is 37.3 Å². The highest BCUT2D eigenvalue weighted by atomic mass is 14.9. The molecule has 0 amide bonds. The standard InChI is InChI=1S/C14H17N3/c1-2-15-13(12-7-4-3-5-8-12)11-14-16-9-6-10-17-14/h3-10,13,15H,2,11H2,1H3. The molecule has 0 spiro atoms. The van der Waals surface area contributed by atoms with E-state index in [0.717, 1.165) is 18.8 Å². The summed E-state index contributed by atoms with van der Waals surface area (Å²) in [5.74, 6) is 0.877. The summed E-state index contributed by atoms with van der Waals surface area (Å²) in [5, 5.41) is 3.47. The van der Waals surface area contributed by atoms with E-state index in [1.807, 2.05) is 12.1 Å². The first kappa shape index (κ1) is 11.7. The van der Waals surface area contributed by atoms with Crippen LogP contribution in [-0.2, 0) is 6.42 Å². The maximum Gasteiger partial charge on any atom is 0.130 e. The van der Waals surface area contributed by atoms with E-state index in [1.165, 1.54) is 5.56 Å². The molecule has 0 saturated heterocycles. The smallest absolute Gasteiger partial charge is 0.130 e. The number of hydrogen-bond acceptors (Lipinski definition) is 3. The number of hydrogen-bond donors (Lipinski definition) is 1. The van der Waals surface area contributed by atoms with E-state index in [1.54, 1.807) is 12.4 Å². The third kappa shape index (κ3) is 3.36. The monoisotopic (exact) mass is 227 g/mol. The predicted molar refractivity (Wildman–Crippen MR) is 68.6 cm³/mol. The molecule has 0 saturated carbocycles. The van der Waals surface area contributed by atoms with Crippen LogP contribution in [0, 0.1) is 0 Å². The summed E-state index contributed by atoms with van der Waals surface area (Å²) in [4.78, 5) is 8.55.